The Bertz CT molecular complexity index is 504. The maximum absolute atomic E-state index is 13.3. The van der Waals surface area contributed by atoms with Crippen LogP contribution in [0.4, 0.5) is 0 Å². The van der Waals surface area contributed by atoms with Crippen molar-refractivity contribution < 1.29 is 9.53 Å². The minimum atomic E-state index is 0.0906. The fourth-order valence-corrected chi connectivity index (χ4v) is 6.81. The first-order valence-electron chi connectivity index (χ1n) is 11.1. The Morgan fingerprint density at radius 3 is 2.50 bits per heavy atom. The van der Waals surface area contributed by atoms with Gasteiger partial charge in [0, 0.05) is 17.5 Å². The van der Waals surface area contributed by atoms with Crippen LogP contribution in [0.25, 0.3) is 0 Å². The van der Waals surface area contributed by atoms with Crippen molar-refractivity contribution >= 4 is 17.6 Å². The van der Waals surface area contributed by atoms with Gasteiger partial charge in [-0.15, -0.1) is 11.6 Å². The van der Waals surface area contributed by atoms with Gasteiger partial charge in [-0.3, -0.25) is 9.69 Å². The SMILES string of the molecule is CC1CCCC(OC(=O)C2C(C3CCC(Cl)CC3)CC3CCC2N3C)C1. The van der Waals surface area contributed by atoms with Gasteiger partial charge in [-0.2, -0.15) is 0 Å². The van der Waals surface area contributed by atoms with Gasteiger partial charge in [0.2, 0.25) is 0 Å². The number of hydrogen-bond donors (Lipinski definition) is 0. The van der Waals surface area contributed by atoms with Crippen molar-refractivity contribution in [2.75, 3.05) is 7.05 Å². The highest BCUT2D eigenvalue weighted by atomic mass is 35.5. The van der Waals surface area contributed by atoms with E-state index in [4.69, 9.17) is 16.3 Å². The van der Waals surface area contributed by atoms with Gasteiger partial charge in [-0.25, -0.2) is 0 Å². The third-order valence-corrected chi connectivity index (χ3v) is 8.50. The summed E-state index contributed by atoms with van der Waals surface area (Å²) < 4.78 is 6.15. The first-order chi connectivity index (χ1) is 12.5. The Balaban J connectivity index is 1.48. The molecule has 0 amide bonds. The Morgan fingerprint density at radius 1 is 1.00 bits per heavy atom. The standard InChI is InChI=1S/C22H36ClNO2/c1-14-4-3-5-18(12-14)26-22(25)21-19(15-6-8-16(23)9-7-15)13-17-10-11-20(21)24(17)2/h14-21H,3-13H2,1-2H3. The molecule has 2 aliphatic carbocycles. The predicted octanol–water partition coefficient (Wildman–Crippen LogP) is 5.00. The summed E-state index contributed by atoms with van der Waals surface area (Å²) in [4.78, 5) is 15.8. The zero-order valence-electron chi connectivity index (χ0n) is 16.5. The van der Waals surface area contributed by atoms with Gasteiger partial charge in [0.25, 0.3) is 0 Å². The number of alkyl halides is 1. The van der Waals surface area contributed by atoms with Crippen LogP contribution in [-0.4, -0.2) is 41.5 Å². The molecule has 4 rings (SSSR count). The van der Waals surface area contributed by atoms with Gasteiger partial charge in [-0.1, -0.05) is 13.3 Å². The summed E-state index contributed by atoms with van der Waals surface area (Å²) in [6, 6.07) is 1.08. The molecule has 6 unspecified atom stereocenters. The second-order valence-corrected chi connectivity index (χ2v) is 10.3. The molecule has 6 atom stereocenters. The Hall–Kier alpha value is -0.280. The molecule has 0 aromatic rings. The number of carbonyl (C=O) groups is 1. The summed E-state index contributed by atoms with van der Waals surface area (Å²) in [6.07, 6.45) is 13.0. The van der Waals surface area contributed by atoms with Gasteiger partial charge in [0.1, 0.15) is 6.10 Å². The fraction of sp³-hybridized carbons (Fsp3) is 0.955. The number of halogens is 1. The zero-order chi connectivity index (χ0) is 18.3. The molecule has 3 nitrogen and oxygen atoms in total. The smallest absolute Gasteiger partial charge is 0.311 e. The van der Waals surface area contributed by atoms with Crippen molar-refractivity contribution in [2.45, 2.75) is 101 Å². The Labute approximate surface area is 164 Å². The van der Waals surface area contributed by atoms with Gasteiger partial charge in [-0.05, 0) is 89.0 Å². The second-order valence-electron chi connectivity index (χ2n) is 9.73. The van der Waals surface area contributed by atoms with Crippen LogP contribution < -0.4 is 0 Å². The maximum Gasteiger partial charge on any atom is 0.311 e. The molecule has 2 bridgehead atoms. The van der Waals surface area contributed by atoms with Crippen LogP contribution in [-0.2, 0) is 9.53 Å². The average Bonchev–Trinajstić information content (AvgIpc) is 2.85. The van der Waals surface area contributed by atoms with Crippen molar-refractivity contribution in [1.82, 2.24) is 4.90 Å². The van der Waals surface area contributed by atoms with E-state index < -0.39 is 0 Å². The summed E-state index contributed by atoms with van der Waals surface area (Å²) in [7, 11) is 2.23. The molecule has 148 valence electrons. The lowest BCUT2D eigenvalue weighted by atomic mass is 9.68. The molecule has 2 aliphatic heterocycles. The molecule has 2 saturated carbocycles. The Kier molecular flexibility index (Phi) is 5.86. The highest BCUT2D eigenvalue weighted by Crippen LogP contribution is 2.48. The first kappa shape index (κ1) is 19.1. The number of piperidine rings is 1. The summed E-state index contributed by atoms with van der Waals surface area (Å²) in [5, 5.41) is 0.350. The van der Waals surface area contributed by atoms with Crippen LogP contribution in [0.5, 0.6) is 0 Å². The van der Waals surface area contributed by atoms with E-state index in [-0.39, 0.29) is 18.0 Å². The lowest BCUT2D eigenvalue weighted by Gasteiger charge is -2.46. The van der Waals surface area contributed by atoms with Crippen molar-refractivity contribution in [2.24, 2.45) is 23.7 Å². The number of ether oxygens (including phenoxy) is 1. The lowest BCUT2D eigenvalue weighted by Crippen LogP contribution is -2.52. The quantitative estimate of drug-likeness (QED) is 0.508. The first-order valence-corrected chi connectivity index (χ1v) is 11.5. The molecule has 0 N–H and O–H groups in total. The highest BCUT2D eigenvalue weighted by Gasteiger charge is 2.51. The minimum Gasteiger partial charge on any atom is -0.462 e. The molecule has 0 spiro atoms. The van der Waals surface area contributed by atoms with Gasteiger partial charge in [0.15, 0.2) is 0 Å². The number of nitrogens with zero attached hydrogens (tertiary/aromatic N) is 1. The molecule has 0 aromatic carbocycles. The normalized spacial score (nSPS) is 46.9. The molecule has 2 heterocycles. The summed E-state index contributed by atoms with van der Waals surface area (Å²) in [6.45, 7) is 2.29. The summed E-state index contributed by atoms with van der Waals surface area (Å²) in [5.74, 6) is 2.10. The van der Waals surface area contributed by atoms with E-state index in [2.05, 4.69) is 18.9 Å². The number of esters is 1. The Morgan fingerprint density at radius 2 is 1.77 bits per heavy atom. The molecule has 4 fully saturated rings. The topological polar surface area (TPSA) is 29.5 Å². The van der Waals surface area contributed by atoms with E-state index in [1.54, 1.807) is 0 Å². The van der Waals surface area contributed by atoms with Crippen LogP contribution in [0.15, 0.2) is 0 Å². The third-order valence-electron chi connectivity index (χ3n) is 8.06. The highest BCUT2D eigenvalue weighted by molar-refractivity contribution is 6.20. The zero-order valence-corrected chi connectivity index (χ0v) is 17.3. The van der Waals surface area contributed by atoms with Crippen LogP contribution in [0.3, 0.4) is 0 Å². The molecular formula is C22H36ClNO2. The van der Waals surface area contributed by atoms with Crippen molar-refractivity contribution in [3.63, 3.8) is 0 Å². The van der Waals surface area contributed by atoms with Crippen molar-refractivity contribution in [3.8, 4) is 0 Å². The average molecular weight is 382 g/mol. The van der Waals surface area contributed by atoms with Crippen molar-refractivity contribution in [1.29, 1.82) is 0 Å². The van der Waals surface area contributed by atoms with E-state index in [0.717, 1.165) is 25.7 Å². The lowest BCUT2D eigenvalue weighted by molar-refractivity contribution is -0.165. The third kappa shape index (κ3) is 3.81. The molecular weight excluding hydrogens is 346 g/mol. The largest absolute Gasteiger partial charge is 0.462 e. The van der Waals surface area contributed by atoms with E-state index in [9.17, 15) is 4.79 Å². The van der Waals surface area contributed by atoms with Gasteiger partial charge in [0.05, 0.1) is 5.92 Å². The number of carbonyl (C=O) groups excluding carboxylic acids is 1. The molecule has 26 heavy (non-hydrogen) atoms. The van der Waals surface area contributed by atoms with E-state index >= 15 is 0 Å². The van der Waals surface area contributed by atoms with Crippen LogP contribution in [0, 0.1) is 23.7 Å². The molecule has 0 radical (unpaired) electrons. The summed E-state index contributed by atoms with van der Waals surface area (Å²) in [5.41, 5.74) is 0. The van der Waals surface area contributed by atoms with Crippen LogP contribution in [0.2, 0.25) is 0 Å². The van der Waals surface area contributed by atoms with Gasteiger partial charge >= 0.3 is 5.97 Å². The molecule has 4 aliphatic rings. The van der Waals surface area contributed by atoms with Crippen LogP contribution in [0.1, 0.15) is 77.6 Å². The second kappa shape index (κ2) is 7.99. The monoisotopic (exact) mass is 381 g/mol. The van der Waals surface area contributed by atoms with Gasteiger partial charge < -0.3 is 4.74 Å². The number of hydrogen-bond acceptors (Lipinski definition) is 3. The maximum atomic E-state index is 13.3. The number of rotatable bonds is 3. The predicted molar refractivity (Wildman–Crippen MR) is 105 cm³/mol. The van der Waals surface area contributed by atoms with Crippen molar-refractivity contribution in [3.05, 3.63) is 0 Å². The summed E-state index contributed by atoms with van der Waals surface area (Å²) >= 11 is 6.36. The fourth-order valence-electron chi connectivity index (χ4n) is 6.56. The van der Waals surface area contributed by atoms with E-state index in [1.807, 2.05) is 0 Å². The van der Waals surface area contributed by atoms with E-state index in [0.29, 0.717) is 35.2 Å². The van der Waals surface area contributed by atoms with Crippen LogP contribution >= 0.6 is 11.6 Å². The minimum absolute atomic E-state index is 0.0906. The van der Waals surface area contributed by atoms with E-state index in [1.165, 1.54) is 44.9 Å². The molecule has 4 heteroatoms. The number of fused-ring (bicyclic) bond motifs is 2. The molecule has 0 aromatic heterocycles. The molecule has 2 saturated heterocycles.